The summed E-state index contributed by atoms with van der Waals surface area (Å²) in [4.78, 5) is 0. The van der Waals surface area contributed by atoms with Gasteiger partial charge in [-0.25, -0.2) is 0 Å². The molecule has 5 heterocycles. The second-order valence-corrected chi connectivity index (χ2v) is 23.8. The summed E-state index contributed by atoms with van der Waals surface area (Å²) in [6.45, 7) is 8.35. The number of allylic oxidation sites excluding steroid dienone is 1. The van der Waals surface area contributed by atoms with E-state index in [4.69, 9.17) is 42.6 Å². The highest BCUT2D eigenvalue weighted by atomic mass is 16.8. The first-order chi connectivity index (χ1) is 35.0. The summed E-state index contributed by atoms with van der Waals surface area (Å²) in [5, 5.41) is 148. The molecule has 14 N–H and O–H groups in total. The van der Waals surface area contributed by atoms with Crippen LogP contribution in [0, 0.1) is 46.3 Å². The first-order valence-electron chi connectivity index (χ1n) is 26.9. The lowest BCUT2D eigenvalue weighted by atomic mass is 9.47. The van der Waals surface area contributed by atoms with Crippen molar-refractivity contribution in [2.24, 2.45) is 46.3 Å². The van der Waals surface area contributed by atoms with E-state index >= 15 is 0 Å². The summed E-state index contributed by atoms with van der Waals surface area (Å²) in [5.41, 5.74) is 1.02. The van der Waals surface area contributed by atoms with Gasteiger partial charge in [0.1, 0.15) is 91.6 Å². The van der Waals surface area contributed by atoms with Crippen LogP contribution in [0.15, 0.2) is 11.6 Å². The standard InChI is InChI=1S/C51H84O23/c1-20(19-66-45-39(61)37(59)34(56)29(16-52)69-45)8-13-51(65)21(2)32-28(74-51)15-27-25-7-6-23-14-24(9-11-49(23,4)26(25)10-12-50(27,32)5)68-48-44(73-46-40(62)36(58)33(55)22(3)67-46)42(64)43(31(18-54)71-48)72-47-41(63)38(60)35(57)30(17-53)70-47/h6,20-22,24-48,52-65H,7-19H2,1-5H3/t20-,21-,22-,24-,25-,26-,27+,28-,29+,30+,31+,32-,33-,34+,35+,36+,37-,38-,39+,40+,41+,42-,43+,44+,45+,46-,47-,48+,49-,50-,51-/m0/s1. The van der Waals surface area contributed by atoms with Crippen molar-refractivity contribution in [1.29, 1.82) is 0 Å². The second kappa shape index (κ2) is 22.4. The highest BCUT2D eigenvalue weighted by Crippen LogP contribution is 2.70. The number of aliphatic hydroxyl groups is 14. The van der Waals surface area contributed by atoms with E-state index in [1.807, 2.05) is 6.92 Å². The van der Waals surface area contributed by atoms with Gasteiger partial charge in [-0.05, 0) is 98.7 Å². The van der Waals surface area contributed by atoms with Gasteiger partial charge in [-0.3, -0.25) is 0 Å². The zero-order valence-electron chi connectivity index (χ0n) is 42.9. The molecule has 0 aromatic heterocycles. The summed E-state index contributed by atoms with van der Waals surface area (Å²) >= 11 is 0. The molecular formula is C51H84O23. The molecule has 3 saturated carbocycles. The van der Waals surface area contributed by atoms with Gasteiger partial charge in [0.05, 0.1) is 44.7 Å². The average Bonchev–Trinajstić information content (AvgIpc) is 3.82. The van der Waals surface area contributed by atoms with E-state index in [2.05, 4.69) is 26.8 Å². The van der Waals surface area contributed by atoms with E-state index in [1.54, 1.807) is 0 Å². The largest absolute Gasteiger partial charge is 0.394 e. The zero-order chi connectivity index (χ0) is 53.5. The van der Waals surface area contributed by atoms with Crippen molar-refractivity contribution in [3.63, 3.8) is 0 Å². The van der Waals surface area contributed by atoms with Crippen LogP contribution in [0.3, 0.4) is 0 Å². The molecule has 0 spiro atoms. The maximum Gasteiger partial charge on any atom is 0.187 e. The van der Waals surface area contributed by atoms with E-state index in [9.17, 15) is 71.5 Å². The maximum atomic E-state index is 12.1. The molecule has 0 radical (unpaired) electrons. The third kappa shape index (κ3) is 10.2. The number of hydrogen-bond donors (Lipinski definition) is 14. The Morgan fingerprint density at radius 2 is 1.22 bits per heavy atom. The molecule has 8 fully saturated rings. The van der Waals surface area contributed by atoms with Crippen LogP contribution < -0.4 is 0 Å². The Hall–Kier alpha value is -1.18. The van der Waals surface area contributed by atoms with Gasteiger partial charge < -0.3 is 114 Å². The topological polar surface area (TPSA) is 366 Å². The summed E-state index contributed by atoms with van der Waals surface area (Å²) in [5.74, 6) is -0.310. The zero-order valence-corrected chi connectivity index (χ0v) is 42.9. The van der Waals surface area contributed by atoms with Crippen LogP contribution >= 0.6 is 0 Å². The Morgan fingerprint density at radius 3 is 1.86 bits per heavy atom. The van der Waals surface area contributed by atoms with Gasteiger partial charge in [0.25, 0.3) is 0 Å². The van der Waals surface area contributed by atoms with Crippen LogP contribution in [-0.4, -0.2) is 239 Å². The molecule has 9 rings (SSSR count). The van der Waals surface area contributed by atoms with Crippen LogP contribution in [0.4, 0.5) is 0 Å². The molecule has 0 amide bonds. The summed E-state index contributed by atoms with van der Waals surface area (Å²) in [6, 6.07) is 0. The molecule has 0 bridgehead atoms. The monoisotopic (exact) mass is 1060 g/mol. The van der Waals surface area contributed by atoms with E-state index in [0.29, 0.717) is 43.4 Å². The lowest BCUT2D eigenvalue weighted by Crippen LogP contribution is -2.67. The third-order valence-electron chi connectivity index (χ3n) is 19.5. The lowest BCUT2D eigenvalue weighted by Gasteiger charge is -2.58. The van der Waals surface area contributed by atoms with Crippen LogP contribution in [0.1, 0.15) is 92.4 Å². The van der Waals surface area contributed by atoms with E-state index < -0.39 is 155 Å². The predicted molar refractivity (Wildman–Crippen MR) is 250 cm³/mol. The predicted octanol–water partition coefficient (Wildman–Crippen LogP) is -3.01. The van der Waals surface area contributed by atoms with Gasteiger partial charge in [0.15, 0.2) is 30.9 Å². The van der Waals surface area contributed by atoms with E-state index in [-0.39, 0.29) is 41.3 Å². The van der Waals surface area contributed by atoms with Gasteiger partial charge in [-0.2, -0.15) is 0 Å². The van der Waals surface area contributed by atoms with Crippen molar-refractivity contribution in [3.8, 4) is 0 Å². The Balaban J connectivity index is 0.849. The molecule has 5 aliphatic heterocycles. The van der Waals surface area contributed by atoms with Crippen molar-refractivity contribution < 1.29 is 114 Å². The number of aliphatic hydroxyl groups excluding tert-OH is 13. The van der Waals surface area contributed by atoms with Crippen molar-refractivity contribution in [2.75, 3.05) is 26.4 Å². The van der Waals surface area contributed by atoms with Crippen molar-refractivity contribution >= 4 is 0 Å². The molecule has 0 aromatic carbocycles. The fourth-order valence-corrected chi connectivity index (χ4v) is 15.0. The first kappa shape index (κ1) is 57.5. The van der Waals surface area contributed by atoms with E-state index in [0.717, 1.165) is 32.1 Å². The van der Waals surface area contributed by atoms with Gasteiger partial charge >= 0.3 is 0 Å². The molecule has 23 nitrogen and oxygen atoms in total. The van der Waals surface area contributed by atoms with Crippen molar-refractivity contribution in [1.82, 2.24) is 0 Å². The smallest absolute Gasteiger partial charge is 0.187 e. The summed E-state index contributed by atoms with van der Waals surface area (Å²) < 4.78 is 54.4. The minimum absolute atomic E-state index is 0.0705. The normalized spacial score (nSPS) is 54.9. The van der Waals surface area contributed by atoms with Crippen molar-refractivity contribution in [3.05, 3.63) is 11.6 Å². The highest BCUT2D eigenvalue weighted by Gasteiger charge is 2.68. The van der Waals surface area contributed by atoms with Gasteiger partial charge in [-0.15, -0.1) is 0 Å². The quantitative estimate of drug-likeness (QED) is 0.0727. The molecular weight excluding hydrogens is 981 g/mol. The fourth-order valence-electron chi connectivity index (χ4n) is 15.0. The van der Waals surface area contributed by atoms with Crippen LogP contribution in [0.5, 0.6) is 0 Å². The van der Waals surface area contributed by atoms with E-state index in [1.165, 1.54) is 12.5 Å². The number of hydrogen-bond acceptors (Lipinski definition) is 23. The minimum Gasteiger partial charge on any atom is -0.394 e. The molecule has 23 heteroatoms. The number of rotatable bonds is 15. The van der Waals surface area contributed by atoms with Gasteiger partial charge in [-0.1, -0.05) is 39.3 Å². The third-order valence-corrected chi connectivity index (χ3v) is 19.5. The molecule has 5 saturated heterocycles. The van der Waals surface area contributed by atoms with Crippen LogP contribution in [-0.2, 0) is 42.6 Å². The molecule has 74 heavy (non-hydrogen) atoms. The summed E-state index contributed by atoms with van der Waals surface area (Å²) in [6.07, 6.45) is -22.1. The Bertz CT molecular complexity index is 1920. The maximum absolute atomic E-state index is 12.1. The second-order valence-electron chi connectivity index (χ2n) is 23.8. The number of fused-ring (bicyclic) bond motifs is 7. The lowest BCUT2D eigenvalue weighted by molar-refractivity contribution is -0.389. The van der Waals surface area contributed by atoms with Crippen LogP contribution in [0.2, 0.25) is 0 Å². The van der Waals surface area contributed by atoms with Crippen LogP contribution in [0.25, 0.3) is 0 Å². The Labute approximate surface area is 430 Å². The first-order valence-corrected chi connectivity index (χ1v) is 26.9. The molecule has 0 unspecified atom stereocenters. The molecule has 4 aliphatic carbocycles. The fraction of sp³-hybridized carbons (Fsp3) is 0.961. The molecule has 426 valence electrons. The highest BCUT2D eigenvalue weighted by molar-refractivity contribution is 5.26. The number of ether oxygens (including phenoxy) is 9. The summed E-state index contributed by atoms with van der Waals surface area (Å²) in [7, 11) is 0. The Kier molecular flexibility index (Phi) is 17.4. The molecule has 0 aromatic rings. The van der Waals surface area contributed by atoms with Crippen molar-refractivity contribution in [2.45, 2.75) is 233 Å². The molecule has 9 aliphatic rings. The minimum atomic E-state index is -1.85. The average molecular weight is 1070 g/mol. The SMILES string of the molecule is C[C@@H](CC[C@]1(O)O[C@H]2C[C@@H]3[C@H]4CC=C5C[C@@H](O[C@@H]6O[C@H](CO)[C@@H](O[C@@H]7O[C@H](CO)[C@@H](O)[C@H](O)[C@H]7O)[C@H](O)[C@H]6O[C@@H]6O[C@@H](C)[C@H](O)[C@@H](O)[C@H]6O)CC[C@]5(C)[C@H]4CC[C@]3(C)[C@H]2[C@@H]1C)CO[C@@H]1O[C@H](CO)[C@@H](O)[C@H](O)[C@H]1O. The Morgan fingerprint density at radius 1 is 0.635 bits per heavy atom. The van der Waals surface area contributed by atoms with Gasteiger partial charge in [0, 0.05) is 12.3 Å². The van der Waals surface area contributed by atoms with Gasteiger partial charge in [0.2, 0.25) is 0 Å². The molecule has 31 atom stereocenters.